The Balaban J connectivity index is 1.67. The molecule has 2 aliphatic rings. The fourth-order valence-electron chi connectivity index (χ4n) is 2.31. The number of hydrogen-bond acceptors (Lipinski definition) is 4. The summed E-state index contributed by atoms with van der Waals surface area (Å²) in [6.45, 7) is 4.09. The van der Waals surface area contributed by atoms with Gasteiger partial charge in [-0.1, -0.05) is 0 Å². The highest BCUT2D eigenvalue weighted by molar-refractivity contribution is 5.82. The van der Waals surface area contributed by atoms with Crippen molar-refractivity contribution in [2.24, 2.45) is 0 Å². The van der Waals surface area contributed by atoms with Crippen LogP contribution in [-0.2, 0) is 22.6 Å². The number of hydrogen-bond donors (Lipinski definition) is 1. The lowest BCUT2D eigenvalue weighted by Gasteiger charge is -2.32. The number of aromatic nitrogens is 2. The van der Waals surface area contributed by atoms with Crippen LogP contribution in [-0.4, -0.2) is 52.7 Å². The van der Waals surface area contributed by atoms with Gasteiger partial charge >= 0.3 is 0 Å². The molecule has 1 atom stereocenters. The Kier molecular flexibility index (Phi) is 2.82. The van der Waals surface area contributed by atoms with E-state index in [1.165, 1.54) is 0 Å². The van der Waals surface area contributed by atoms with E-state index in [4.69, 9.17) is 4.74 Å². The summed E-state index contributed by atoms with van der Waals surface area (Å²) >= 11 is 0. The minimum atomic E-state index is -0.190. The summed E-state index contributed by atoms with van der Waals surface area (Å²) in [5, 5.41) is 3.19. The Bertz CT molecular complexity index is 411. The van der Waals surface area contributed by atoms with Crippen LogP contribution >= 0.6 is 0 Å². The fraction of sp³-hybridized carbons (Fsp3) is 0.636. The van der Waals surface area contributed by atoms with Crippen molar-refractivity contribution in [2.45, 2.75) is 19.1 Å². The lowest BCUT2D eigenvalue weighted by atomic mass is 10.2. The summed E-state index contributed by atoms with van der Waals surface area (Å²) in [6.07, 6.45) is 3.74. The molecule has 0 bridgehead atoms. The first kappa shape index (κ1) is 10.7. The molecule has 0 saturated carbocycles. The van der Waals surface area contributed by atoms with Gasteiger partial charge in [-0.25, -0.2) is 4.98 Å². The summed E-state index contributed by atoms with van der Waals surface area (Å²) in [4.78, 5) is 18.3. The van der Waals surface area contributed by atoms with Gasteiger partial charge in [-0.15, -0.1) is 0 Å². The second-order valence-electron chi connectivity index (χ2n) is 4.38. The molecule has 6 heteroatoms. The van der Waals surface area contributed by atoms with Gasteiger partial charge in [0.05, 0.1) is 19.8 Å². The number of carbonyl (C=O) groups excluding carboxylic acids is 1. The Morgan fingerprint density at radius 2 is 2.47 bits per heavy atom. The topological polar surface area (TPSA) is 59.4 Å². The van der Waals surface area contributed by atoms with Crippen LogP contribution < -0.4 is 5.32 Å². The van der Waals surface area contributed by atoms with Crippen molar-refractivity contribution >= 4 is 5.91 Å². The van der Waals surface area contributed by atoms with Crippen molar-refractivity contribution in [3.8, 4) is 0 Å². The summed E-state index contributed by atoms with van der Waals surface area (Å²) < 4.78 is 7.41. The lowest BCUT2D eigenvalue weighted by molar-refractivity contribution is -0.137. The average molecular weight is 236 g/mol. The lowest BCUT2D eigenvalue weighted by Crippen LogP contribution is -2.53. The molecule has 0 aromatic carbocycles. The Morgan fingerprint density at radius 1 is 1.53 bits per heavy atom. The molecular formula is C11H16N4O2. The van der Waals surface area contributed by atoms with Crippen molar-refractivity contribution in [1.82, 2.24) is 19.8 Å². The van der Waals surface area contributed by atoms with Crippen molar-refractivity contribution < 1.29 is 9.53 Å². The number of ether oxygens (including phenoxy) is 1. The van der Waals surface area contributed by atoms with Crippen LogP contribution in [0.15, 0.2) is 12.4 Å². The van der Waals surface area contributed by atoms with Gasteiger partial charge < -0.3 is 19.5 Å². The van der Waals surface area contributed by atoms with Crippen LogP contribution in [0.2, 0.25) is 0 Å². The van der Waals surface area contributed by atoms with Crippen LogP contribution in [0.5, 0.6) is 0 Å². The summed E-state index contributed by atoms with van der Waals surface area (Å²) in [5.41, 5.74) is 0. The minimum Gasteiger partial charge on any atom is -0.378 e. The molecule has 1 aromatic rings. The first-order valence-corrected chi connectivity index (χ1v) is 5.94. The maximum atomic E-state index is 12.2. The van der Waals surface area contributed by atoms with Gasteiger partial charge in [0.25, 0.3) is 0 Å². The van der Waals surface area contributed by atoms with Gasteiger partial charge in [-0.3, -0.25) is 4.79 Å². The number of fused-ring (bicyclic) bond motifs is 1. The number of morpholine rings is 1. The molecule has 0 spiro atoms. The van der Waals surface area contributed by atoms with E-state index in [2.05, 4.69) is 14.9 Å². The van der Waals surface area contributed by atoms with Crippen molar-refractivity contribution in [3.63, 3.8) is 0 Å². The van der Waals surface area contributed by atoms with Gasteiger partial charge in [-0.05, 0) is 0 Å². The Morgan fingerprint density at radius 3 is 3.29 bits per heavy atom. The third kappa shape index (κ3) is 2.05. The molecule has 92 valence electrons. The number of nitrogens with zero attached hydrogens (tertiary/aromatic N) is 3. The van der Waals surface area contributed by atoms with E-state index < -0.39 is 0 Å². The van der Waals surface area contributed by atoms with Gasteiger partial charge in [0.2, 0.25) is 5.91 Å². The van der Waals surface area contributed by atoms with E-state index in [-0.39, 0.29) is 11.9 Å². The SMILES string of the molecule is O=C(C1COCCN1)N1CCn2ccnc2C1. The molecule has 1 amide bonds. The highest BCUT2D eigenvalue weighted by atomic mass is 16.5. The zero-order valence-electron chi connectivity index (χ0n) is 9.63. The number of imidazole rings is 1. The van der Waals surface area contributed by atoms with Crippen LogP contribution in [0.3, 0.4) is 0 Å². The summed E-state index contributed by atoms with van der Waals surface area (Å²) in [7, 11) is 0. The van der Waals surface area contributed by atoms with E-state index in [1.807, 2.05) is 11.1 Å². The van der Waals surface area contributed by atoms with E-state index >= 15 is 0 Å². The predicted molar refractivity (Wildman–Crippen MR) is 60.3 cm³/mol. The average Bonchev–Trinajstić information content (AvgIpc) is 2.86. The standard InChI is InChI=1S/C11H16N4O2/c16-11(9-8-17-6-2-12-9)15-5-4-14-3-1-13-10(14)7-15/h1,3,9,12H,2,4-8H2. The number of carbonyl (C=O) groups is 1. The molecule has 3 rings (SSSR count). The molecule has 1 aromatic heterocycles. The monoisotopic (exact) mass is 236 g/mol. The van der Waals surface area contributed by atoms with E-state index in [1.54, 1.807) is 6.20 Å². The quantitative estimate of drug-likeness (QED) is 0.694. The zero-order valence-corrected chi connectivity index (χ0v) is 9.63. The second-order valence-corrected chi connectivity index (χ2v) is 4.38. The van der Waals surface area contributed by atoms with E-state index in [9.17, 15) is 4.79 Å². The first-order valence-electron chi connectivity index (χ1n) is 5.94. The largest absolute Gasteiger partial charge is 0.378 e. The molecule has 0 radical (unpaired) electrons. The van der Waals surface area contributed by atoms with Gasteiger partial charge in [0, 0.05) is 32.0 Å². The van der Waals surface area contributed by atoms with Gasteiger partial charge in [-0.2, -0.15) is 0 Å². The number of nitrogens with one attached hydrogen (secondary N) is 1. The highest BCUT2D eigenvalue weighted by Crippen LogP contribution is 2.12. The molecule has 1 fully saturated rings. The smallest absolute Gasteiger partial charge is 0.242 e. The molecular weight excluding hydrogens is 220 g/mol. The normalized spacial score (nSPS) is 24.5. The van der Waals surface area contributed by atoms with Gasteiger partial charge in [0.1, 0.15) is 11.9 Å². The molecule has 1 unspecified atom stereocenters. The maximum Gasteiger partial charge on any atom is 0.242 e. The van der Waals surface area contributed by atoms with Crippen molar-refractivity contribution in [2.75, 3.05) is 26.3 Å². The third-order valence-electron chi connectivity index (χ3n) is 3.28. The van der Waals surface area contributed by atoms with E-state index in [0.29, 0.717) is 19.8 Å². The third-order valence-corrected chi connectivity index (χ3v) is 3.28. The van der Waals surface area contributed by atoms with Crippen molar-refractivity contribution in [1.29, 1.82) is 0 Å². The van der Waals surface area contributed by atoms with Crippen molar-refractivity contribution in [3.05, 3.63) is 18.2 Å². The molecule has 6 nitrogen and oxygen atoms in total. The van der Waals surface area contributed by atoms with Crippen LogP contribution in [0.25, 0.3) is 0 Å². The molecule has 1 N–H and O–H groups in total. The number of rotatable bonds is 1. The Hall–Kier alpha value is -1.40. The first-order chi connectivity index (χ1) is 8.34. The molecule has 2 aliphatic heterocycles. The predicted octanol–water partition coefficient (Wildman–Crippen LogP) is -0.786. The molecule has 0 aliphatic carbocycles. The van der Waals surface area contributed by atoms with Crippen LogP contribution in [0.1, 0.15) is 5.82 Å². The highest BCUT2D eigenvalue weighted by Gasteiger charge is 2.28. The summed E-state index contributed by atoms with van der Waals surface area (Å²) in [6, 6.07) is -0.190. The fourth-order valence-corrected chi connectivity index (χ4v) is 2.31. The number of amides is 1. The zero-order chi connectivity index (χ0) is 11.7. The second kappa shape index (κ2) is 4.46. The van der Waals surface area contributed by atoms with Crippen LogP contribution in [0.4, 0.5) is 0 Å². The minimum absolute atomic E-state index is 0.124. The maximum absolute atomic E-state index is 12.2. The van der Waals surface area contributed by atoms with Gasteiger partial charge in [0.15, 0.2) is 0 Å². The van der Waals surface area contributed by atoms with Crippen LogP contribution in [0, 0.1) is 0 Å². The molecule has 3 heterocycles. The Labute approximate surface area is 99.6 Å². The summed E-state index contributed by atoms with van der Waals surface area (Å²) in [5.74, 6) is 1.08. The molecule has 17 heavy (non-hydrogen) atoms. The molecule has 1 saturated heterocycles. The van der Waals surface area contributed by atoms with E-state index in [0.717, 1.165) is 25.5 Å².